The van der Waals surface area contributed by atoms with E-state index in [0.717, 1.165) is 25.6 Å². The minimum absolute atomic E-state index is 0.173. The maximum absolute atomic E-state index is 13.6. The van der Waals surface area contributed by atoms with Crippen molar-refractivity contribution < 1.29 is 53.8 Å². The van der Waals surface area contributed by atoms with Gasteiger partial charge in [0, 0.05) is 12.1 Å². The highest BCUT2D eigenvalue weighted by Gasteiger charge is 2.83. The SMILES string of the molecule is COc1cc(NC(=O)C(F)(F)C(F)(F)C(F)(F)C(F)(F)F)c(OC)cc1Cl. The topological polar surface area (TPSA) is 47.6 Å². The van der Waals surface area contributed by atoms with Crippen LogP contribution >= 0.6 is 11.6 Å². The third kappa shape index (κ3) is 3.82. The van der Waals surface area contributed by atoms with Crippen molar-refractivity contribution in [3.05, 3.63) is 17.2 Å². The molecule has 1 aromatic carbocycles. The number of carbonyl (C=O) groups excluding carboxylic acids is 1. The van der Waals surface area contributed by atoms with Crippen molar-refractivity contribution in [2.75, 3.05) is 19.5 Å². The van der Waals surface area contributed by atoms with Crippen molar-refractivity contribution in [3.63, 3.8) is 0 Å². The number of amides is 1. The maximum atomic E-state index is 13.6. The fourth-order valence-electron chi connectivity index (χ4n) is 1.68. The average Bonchev–Trinajstić information content (AvgIpc) is 2.54. The second kappa shape index (κ2) is 7.17. The molecule has 0 aliphatic heterocycles. The van der Waals surface area contributed by atoms with Crippen LogP contribution < -0.4 is 14.8 Å². The van der Waals surface area contributed by atoms with E-state index in [1.165, 1.54) is 0 Å². The molecule has 0 heterocycles. The molecule has 154 valence electrons. The monoisotopic (exact) mass is 433 g/mol. The first-order valence-electron chi connectivity index (χ1n) is 6.47. The van der Waals surface area contributed by atoms with Gasteiger partial charge >= 0.3 is 29.9 Å². The van der Waals surface area contributed by atoms with Gasteiger partial charge in [-0.05, 0) is 0 Å². The summed E-state index contributed by atoms with van der Waals surface area (Å²) in [6, 6.07) is 1.59. The van der Waals surface area contributed by atoms with Crippen molar-refractivity contribution in [1.82, 2.24) is 0 Å². The molecule has 14 heteroatoms. The minimum atomic E-state index is -7.19. The lowest BCUT2D eigenvalue weighted by Crippen LogP contribution is -2.64. The van der Waals surface area contributed by atoms with Crippen molar-refractivity contribution >= 4 is 23.2 Å². The first kappa shape index (κ1) is 23.0. The smallest absolute Gasteiger partial charge is 0.460 e. The van der Waals surface area contributed by atoms with E-state index < -0.39 is 41.3 Å². The highest BCUT2D eigenvalue weighted by molar-refractivity contribution is 6.32. The molecule has 0 atom stereocenters. The van der Waals surface area contributed by atoms with E-state index in [1.807, 2.05) is 0 Å². The summed E-state index contributed by atoms with van der Waals surface area (Å²) in [5.74, 6) is -24.6. The van der Waals surface area contributed by atoms with Crippen molar-refractivity contribution in [2.24, 2.45) is 0 Å². The molecular weight excluding hydrogens is 425 g/mol. The quantitative estimate of drug-likeness (QED) is 0.658. The molecule has 0 aliphatic rings. The molecule has 0 radical (unpaired) electrons. The number of benzene rings is 1. The van der Waals surface area contributed by atoms with Crippen LogP contribution in [0.15, 0.2) is 12.1 Å². The highest BCUT2D eigenvalue weighted by Crippen LogP contribution is 2.53. The number of anilines is 1. The van der Waals surface area contributed by atoms with E-state index in [4.69, 9.17) is 11.6 Å². The van der Waals surface area contributed by atoms with Crippen LogP contribution in [0.2, 0.25) is 5.02 Å². The van der Waals surface area contributed by atoms with Crippen LogP contribution in [-0.4, -0.2) is 44.1 Å². The van der Waals surface area contributed by atoms with Gasteiger partial charge in [-0.3, -0.25) is 4.79 Å². The number of rotatable bonds is 6. The summed E-state index contributed by atoms with van der Waals surface area (Å²) in [6.07, 6.45) is -7.04. The molecule has 0 saturated heterocycles. The normalized spacial score (nSPS) is 13.3. The van der Waals surface area contributed by atoms with E-state index in [1.54, 1.807) is 0 Å². The predicted molar refractivity (Wildman–Crippen MR) is 74.1 cm³/mol. The summed E-state index contributed by atoms with van der Waals surface area (Å²) in [4.78, 5) is 11.4. The van der Waals surface area contributed by atoms with E-state index in [0.29, 0.717) is 6.07 Å². The molecule has 4 nitrogen and oxygen atoms in total. The number of carbonyl (C=O) groups is 1. The lowest BCUT2D eigenvalue weighted by molar-refractivity contribution is -0.388. The van der Waals surface area contributed by atoms with E-state index in [9.17, 15) is 44.3 Å². The summed E-state index contributed by atoms with van der Waals surface area (Å²) < 4.78 is 125. The number of nitrogens with one attached hydrogen (secondary N) is 1. The third-order valence-electron chi connectivity index (χ3n) is 3.15. The number of hydrogen-bond acceptors (Lipinski definition) is 3. The lowest BCUT2D eigenvalue weighted by atomic mass is 10.0. The maximum Gasteiger partial charge on any atom is 0.460 e. The van der Waals surface area contributed by atoms with Crippen molar-refractivity contribution in [1.29, 1.82) is 0 Å². The zero-order valence-electron chi connectivity index (χ0n) is 13.2. The molecule has 0 saturated carbocycles. The van der Waals surface area contributed by atoms with E-state index in [2.05, 4.69) is 9.47 Å². The van der Waals surface area contributed by atoms with Gasteiger partial charge < -0.3 is 14.8 Å². The second-order valence-corrected chi connectivity index (χ2v) is 5.27. The molecule has 27 heavy (non-hydrogen) atoms. The van der Waals surface area contributed by atoms with Crippen molar-refractivity contribution in [3.8, 4) is 11.5 Å². The average molecular weight is 434 g/mol. The molecule has 0 aliphatic carbocycles. The molecule has 0 bridgehead atoms. The summed E-state index contributed by atoms with van der Waals surface area (Å²) in [6.45, 7) is 0. The Hall–Kier alpha value is -2.05. The van der Waals surface area contributed by atoms with Gasteiger partial charge in [0.05, 0.1) is 24.9 Å². The Morgan fingerprint density at radius 3 is 1.78 bits per heavy atom. The second-order valence-electron chi connectivity index (χ2n) is 4.86. The fourth-order valence-corrected chi connectivity index (χ4v) is 1.91. The van der Waals surface area contributed by atoms with Crippen LogP contribution in [0.3, 0.4) is 0 Å². The van der Waals surface area contributed by atoms with Crippen LogP contribution in [0.1, 0.15) is 0 Å². The largest absolute Gasteiger partial charge is 0.495 e. The zero-order chi connectivity index (χ0) is 21.4. The summed E-state index contributed by atoms with van der Waals surface area (Å²) >= 11 is 5.68. The zero-order valence-corrected chi connectivity index (χ0v) is 13.9. The highest BCUT2D eigenvalue weighted by atomic mass is 35.5. The standard InChI is InChI=1S/C13H9ClF9NO3/c1-26-7-4-6(8(27-2)3-5(7)14)24-9(25)10(15,16)11(17,18)12(19,20)13(21,22)23/h3-4H,1-2H3,(H,24,25). The summed E-state index contributed by atoms with van der Waals surface area (Å²) in [7, 11) is 1.99. The Labute approximate surface area is 150 Å². The van der Waals surface area contributed by atoms with Gasteiger partial charge in [-0.1, -0.05) is 11.6 Å². The summed E-state index contributed by atoms with van der Waals surface area (Å²) in [5.41, 5.74) is -0.797. The number of halogens is 10. The number of hydrogen-bond donors (Lipinski definition) is 1. The van der Waals surface area contributed by atoms with Gasteiger partial charge in [-0.15, -0.1) is 0 Å². The Kier molecular flexibility index (Phi) is 6.10. The Morgan fingerprint density at radius 2 is 1.37 bits per heavy atom. The first-order valence-corrected chi connectivity index (χ1v) is 6.85. The van der Waals surface area contributed by atoms with Gasteiger partial charge in [0.2, 0.25) is 0 Å². The molecule has 0 spiro atoms. The van der Waals surface area contributed by atoms with Gasteiger partial charge in [0.15, 0.2) is 0 Å². The minimum Gasteiger partial charge on any atom is -0.495 e. The molecule has 1 rings (SSSR count). The molecular formula is C13H9ClF9NO3. The first-order chi connectivity index (χ1) is 12.0. The van der Waals surface area contributed by atoms with Crippen LogP contribution in [-0.2, 0) is 4.79 Å². The fraction of sp³-hybridized carbons (Fsp3) is 0.462. The number of ether oxygens (including phenoxy) is 2. The van der Waals surface area contributed by atoms with Gasteiger partial charge in [-0.2, -0.15) is 39.5 Å². The third-order valence-corrected chi connectivity index (χ3v) is 3.45. The van der Waals surface area contributed by atoms with Crippen LogP contribution in [0.5, 0.6) is 11.5 Å². The van der Waals surface area contributed by atoms with Crippen LogP contribution in [0, 0.1) is 0 Å². The molecule has 0 fully saturated rings. The van der Waals surface area contributed by atoms with Crippen LogP contribution in [0.25, 0.3) is 0 Å². The predicted octanol–water partition coefficient (Wildman–Crippen LogP) is 4.76. The molecule has 0 aromatic heterocycles. The van der Waals surface area contributed by atoms with Gasteiger partial charge in [-0.25, -0.2) is 0 Å². The Morgan fingerprint density at radius 1 is 0.889 bits per heavy atom. The van der Waals surface area contributed by atoms with E-state index >= 15 is 0 Å². The molecule has 1 amide bonds. The van der Waals surface area contributed by atoms with Crippen LogP contribution in [0.4, 0.5) is 45.2 Å². The molecule has 1 aromatic rings. The molecule has 0 unspecified atom stereocenters. The number of alkyl halides is 9. The Balaban J connectivity index is 3.33. The number of methoxy groups -OCH3 is 2. The lowest BCUT2D eigenvalue weighted by Gasteiger charge is -2.32. The van der Waals surface area contributed by atoms with Gasteiger partial charge in [0.25, 0.3) is 0 Å². The van der Waals surface area contributed by atoms with Gasteiger partial charge in [0.1, 0.15) is 11.5 Å². The van der Waals surface area contributed by atoms with E-state index in [-0.39, 0.29) is 10.8 Å². The molecule has 1 N–H and O–H groups in total. The summed E-state index contributed by atoms with van der Waals surface area (Å²) in [5, 5.41) is 0.927. The van der Waals surface area contributed by atoms with Crippen molar-refractivity contribution in [2.45, 2.75) is 23.9 Å². The Bertz CT molecular complexity index is 722.